The zero-order valence-corrected chi connectivity index (χ0v) is 17.1. The first-order chi connectivity index (χ1) is 15.3. The molecule has 9 heteroatoms. The lowest BCUT2D eigenvalue weighted by atomic mass is 10.00. The van der Waals surface area contributed by atoms with E-state index in [2.05, 4.69) is 27.4 Å². The number of nitrogens with zero attached hydrogens (tertiary/aromatic N) is 2. The molecule has 0 radical (unpaired) electrons. The average Bonchev–Trinajstić information content (AvgIpc) is 2.75. The van der Waals surface area contributed by atoms with Crippen LogP contribution in [0.25, 0.3) is 22.0 Å². The van der Waals surface area contributed by atoms with Gasteiger partial charge in [-0.15, -0.1) is 16.1 Å². The minimum absolute atomic E-state index is 0.123. The number of halogens is 3. The predicted molar refractivity (Wildman–Crippen MR) is 113 cm³/mol. The molecule has 6 nitrogen and oxygen atoms in total. The molecule has 3 N–H and O–H groups in total. The topological polar surface area (TPSA) is 87.5 Å². The second kappa shape index (κ2) is 8.65. The normalized spacial score (nSPS) is 18.8. The number of rotatable bonds is 3. The average molecular weight is 443 g/mol. The lowest BCUT2D eigenvalue weighted by molar-refractivity contribution is -0.137. The summed E-state index contributed by atoms with van der Waals surface area (Å²) >= 11 is 0. The van der Waals surface area contributed by atoms with Crippen LogP contribution in [0.15, 0.2) is 36.4 Å². The van der Waals surface area contributed by atoms with Crippen molar-refractivity contribution in [3.8, 4) is 28.8 Å². The van der Waals surface area contributed by atoms with Gasteiger partial charge in [-0.2, -0.15) is 13.2 Å². The number of aromatic nitrogens is 2. The van der Waals surface area contributed by atoms with Crippen LogP contribution in [0, 0.1) is 11.8 Å². The predicted octanol–water partition coefficient (Wildman–Crippen LogP) is 3.95. The fourth-order valence-corrected chi connectivity index (χ4v) is 3.63. The number of phenolic OH excluding ortho intramolecular Hbond substituents is 1. The largest absolute Gasteiger partial charge is 0.507 e. The molecule has 3 aromatic rings. The molecule has 0 amide bonds. The summed E-state index contributed by atoms with van der Waals surface area (Å²) in [5, 5.41) is 33.3. The Morgan fingerprint density at radius 3 is 2.62 bits per heavy atom. The summed E-state index contributed by atoms with van der Waals surface area (Å²) in [5.41, 5.74) is 0.103. The third-order valence-electron chi connectivity index (χ3n) is 5.27. The van der Waals surface area contributed by atoms with Gasteiger partial charge in [-0.3, -0.25) is 0 Å². The van der Waals surface area contributed by atoms with Gasteiger partial charge in [0.15, 0.2) is 5.82 Å². The highest BCUT2D eigenvalue weighted by Gasteiger charge is 2.31. The number of alkyl halides is 3. The monoisotopic (exact) mass is 443 g/mol. The lowest BCUT2D eigenvalue weighted by Gasteiger charge is -2.29. The second-order valence-electron chi connectivity index (χ2n) is 7.44. The van der Waals surface area contributed by atoms with E-state index in [1.54, 1.807) is 25.1 Å². The van der Waals surface area contributed by atoms with E-state index >= 15 is 0 Å². The van der Waals surface area contributed by atoms with Gasteiger partial charge < -0.3 is 20.3 Å². The maximum Gasteiger partial charge on any atom is 0.416 e. The van der Waals surface area contributed by atoms with Crippen molar-refractivity contribution < 1.29 is 28.1 Å². The number of hydrogen-bond acceptors (Lipinski definition) is 6. The number of aromatic hydroxyl groups is 1. The molecule has 2 heterocycles. The van der Waals surface area contributed by atoms with Gasteiger partial charge in [-0.05, 0) is 43.7 Å². The van der Waals surface area contributed by atoms with Gasteiger partial charge in [0, 0.05) is 28.5 Å². The Kier molecular flexibility index (Phi) is 5.91. The van der Waals surface area contributed by atoms with Gasteiger partial charge in [0.1, 0.15) is 11.4 Å². The van der Waals surface area contributed by atoms with Gasteiger partial charge >= 0.3 is 6.18 Å². The van der Waals surface area contributed by atoms with E-state index in [0.29, 0.717) is 47.9 Å². The molecule has 4 rings (SSSR count). The SMILES string of the molecule is CC#Cc1ccc2c(-c3ccc(C(F)(F)F)cc3O)nnc(N[C@@H]3COCC[C@H]3O)c2c1. The van der Waals surface area contributed by atoms with Crippen LogP contribution in [0.1, 0.15) is 24.5 Å². The van der Waals surface area contributed by atoms with Crippen LogP contribution in [0.4, 0.5) is 19.0 Å². The van der Waals surface area contributed by atoms with Gasteiger partial charge in [-0.1, -0.05) is 12.0 Å². The Morgan fingerprint density at radius 1 is 1.12 bits per heavy atom. The van der Waals surface area contributed by atoms with Crippen LogP contribution in [-0.2, 0) is 10.9 Å². The molecular weight excluding hydrogens is 423 g/mol. The van der Waals surface area contributed by atoms with E-state index in [-0.39, 0.29) is 11.3 Å². The molecule has 1 aromatic heterocycles. The summed E-state index contributed by atoms with van der Waals surface area (Å²) in [6.45, 7) is 2.46. The molecule has 0 saturated carbocycles. The number of anilines is 1. The van der Waals surface area contributed by atoms with E-state index < -0.39 is 29.6 Å². The smallest absolute Gasteiger partial charge is 0.416 e. The molecule has 2 aromatic carbocycles. The zero-order chi connectivity index (χ0) is 22.9. The molecule has 2 atom stereocenters. The molecule has 1 fully saturated rings. The number of aliphatic hydroxyl groups is 1. The Labute approximate surface area is 182 Å². The number of ether oxygens (including phenoxy) is 1. The van der Waals surface area contributed by atoms with E-state index in [4.69, 9.17) is 4.74 Å². The highest BCUT2D eigenvalue weighted by molar-refractivity contribution is 6.01. The fourth-order valence-electron chi connectivity index (χ4n) is 3.63. The minimum atomic E-state index is -4.58. The van der Waals surface area contributed by atoms with Crippen molar-refractivity contribution in [2.45, 2.75) is 31.7 Å². The summed E-state index contributed by atoms with van der Waals surface area (Å²) in [6, 6.07) is 7.61. The summed E-state index contributed by atoms with van der Waals surface area (Å²) < 4.78 is 44.4. The molecule has 0 aliphatic carbocycles. The van der Waals surface area contributed by atoms with Crippen LogP contribution in [0.2, 0.25) is 0 Å². The van der Waals surface area contributed by atoms with Crippen LogP contribution in [0.3, 0.4) is 0 Å². The molecule has 0 bridgehead atoms. The van der Waals surface area contributed by atoms with Gasteiger partial charge in [0.25, 0.3) is 0 Å². The number of nitrogens with one attached hydrogen (secondary N) is 1. The molecule has 1 aliphatic rings. The standard InChI is InChI=1S/C23H20F3N3O3/c1-2-3-13-4-6-15-17(10-13)22(27-18-12-32-9-8-19(18)30)29-28-21(15)16-7-5-14(11-20(16)31)23(24,25)26/h4-7,10-11,18-19,30-31H,8-9,12H2,1H3,(H,27,29)/t18-,19-/m1/s1. The van der Waals surface area contributed by atoms with Crippen molar-refractivity contribution in [1.29, 1.82) is 0 Å². The highest BCUT2D eigenvalue weighted by atomic mass is 19.4. The maximum atomic E-state index is 13.0. The maximum absolute atomic E-state index is 13.0. The van der Waals surface area contributed by atoms with Crippen molar-refractivity contribution in [3.05, 3.63) is 47.5 Å². The highest BCUT2D eigenvalue weighted by Crippen LogP contribution is 2.39. The first-order valence-corrected chi connectivity index (χ1v) is 9.94. The summed E-state index contributed by atoms with van der Waals surface area (Å²) in [4.78, 5) is 0. The van der Waals surface area contributed by atoms with Crippen molar-refractivity contribution in [2.75, 3.05) is 18.5 Å². The second-order valence-corrected chi connectivity index (χ2v) is 7.44. The first kappa shape index (κ1) is 21.9. The molecular formula is C23H20F3N3O3. The third-order valence-corrected chi connectivity index (χ3v) is 5.27. The Bertz CT molecular complexity index is 1220. The van der Waals surface area contributed by atoms with E-state index in [1.165, 1.54) is 6.07 Å². The number of benzene rings is 2. The summed E-state index contributed by atoms with van der Waals surface area (Å²) in [7, 11) is 0. The van der Waals surface area contributed by atoms with Crippen molar-refractivity contribution in [3.63, 3.8) is 0 Å². The first-order valence-electron chi connectivity index (χ1n) is 9.94. The lowest BCUT2D eigenvalue weighted by Crippen LogP contribution is -2.42. The van der Waals surface area contributed by atoms with E-state index in [9.17, 15) is 23.4 Å². The Hall–Kier alpha value is -3.35. The zero-order valence-electron chi connectivity index (χ0n) is 17.1. The van der Waals surface area contributed by atoms with Crippen LogP contribution < -0.4 is 5.32 Å². The van der Waals surface area contributed by atoms with Crippen LogP contribution in [0.5, 0.6) is 5.75 Å². The number of aliphatic hydroxyl groups excluding tert-OH is 1. The van der Waals surface area contributed by atoms with Crippen molar-refractivity contribution in [1.82, 2.24) is 10.2 Å². The molecule has 0 spiro atoms. The van der Waals surface area contributed by atoms with Gasteiger partial charge in [0.05, 0.1) is 24.3 Å². The van der Waals surface area contributed by atoms with Crippen LogP contribution in [-0.4, -0.2) is 45.8 Å². The van der Waals surface area contributed by atoms with E-state index in [0.717, 1.165) is 6.07 Å². The Balaban J connectivity index is 1.84. The summed E-state index contributed by atoms with van der Waals surface area (Å²) in [5.74, 6) is 5.61. The van der Waals surface area contributed by atoms with Crippen LogP contribution >= 0.6 is 0 Å². The van der Waals surface area contributed by atoms with Crippen molar-refractivity contribution >= 4 is 16.6 Å². The van der Waals surface area contributed by atoms with Gasteiger partial charge in [-0.25, -0.2) is 0 Å². The molecule has 1 saturated heterocycles. The molecule has 1 aliphatic heterocycles. The molecule has 166 valence electrons. The van der Waals surface area contributed by atoms with Gasteiger partial charge in [0.2, 0.25) is 0 Å². The third kappa shape index (κ3) is 4.33. The van der Waals surface area contributed by atoms with Crippen molar-refractivity contribution in [2.24, 2.45) is 0 Å². The fraction of sp³-hybridized carbons (Fsp3) is 0.304. The minimum Gasteiger partial charge on any atom is -0.507 e. The molecule has 0 unspecified atom stereocenters. The number of hydrogen-bond donors (Lipinski definition) is 3. The number of phenols is 1. The molecule has 32 heavy (non-hydrogen) atoms. The summed E-state index contributed by atoms with van der Waals surface area (Å²) in [6.07, 6.45) is -4.72. The quantitative estimate of drug-likeness (QED) is 0.532. The Morgan fingerprint density at radius 2 is 1.94 bits per heavy atom. The number of fused-ring (bicyclic) bond motifs is 1. The van der Waals surface area contributed by atoms with E-state index in [1.807, 2.05) is 0 Å².